The van der Waals surface area contributed by atoms with E-state index in [0.717, 1.165) is 16.5 Å². The number of aryl methyl sites for hydroxylation is 1. The molecule has 8 heteroatoms. The maximum absolute atomic E-state index is 12.5. The van der Waals surface area contributed by atoms with Crippen molar-refractivity contribution >= 4 is 22.6 Å². The van der Waals surface area contributed by atoms with E-state index in [1.165, 1.54) is 6.33 Å². The summed E-state index contributed by atoms with van der Waals surface area (Å²) >= 11 is 0. The Balaban J connectivity index is 1.44. The van der Waals surface area contributed by atoms with E-state index < -0.39 is 5.63 Å². The third-order valence-electron chi connectivity index (χ3n) is 5.12. The molecule has 0 unspecified atom stereocenters. The van der Waals surface area contributed by atoms with Gasteiger partial charge in [0.25, 0.3) is 0 Å². The van der Waals surface area contributed by atoms with Crippen LogP contribution in [0.15, 0.2) is 64.3 Å². The van der Waals surface area contributed by atoms with Crippen LogP contribution in [0.3, 0.4) is 0 Å². The summed E-state index contributed by atoms with van der Waals surface area (Å²) < 4.78 is 12.3. The van der Waals surface area contributed by atoms with Crippen LogP contribution >= 0.6 is 0 Å². The summed E-state index contributed by atoms with van der Waals surface area (Å²) in [5.41, 5.74) is 3.05. The van der Waals surface area contributed by atoms with Crippen LogP contribution in [0.4, 0.5) is 5.69 Å². The number of hydrogen-bond donors (Lipinski definition) is 1. The van der Waals surface area contributed by atoms with Crippen LogP contribution in [0, 0.1) is 6.92 Å². The molecule has 0 saturated heterocycles. The fraction of sp³-hybridized carbons (Fsp3) is 0.217. The van der Waals surface area contributed by atoms with Gasteiger partial charge in [0, 0.05) is 29.1 Å². The number of nitrogens with zero attached hydrogens (tertiary/aromatic N) is 3. The van der Waals surface area contributed by atoms with Gasteiger partial charge in [-0.2, -0.15) is 5.10 Å². The van der Waals surface area contributed by atoms with Gasteiger partial charge in [-0.25, -0.2) is 14.5 Å². The van der Waals surface area contributed by atoms with Crippen molar-refractivity contribution in [2.24, 2.45) is 0 Å². The summed E-state index contributed by atoms with van der Waals surface area (Å²) in [5, 5.41) is 7.81. The molecule has 0 bridgehead atoms. The number of ether oxygens (including phenoxy) is 1. The van der Waals surface area contributed by atoms with Crippen LogP contribution in [0.25, 0.3) is 11.0 Å². The fourth-order valence-corrected chi connectivity index (χ4v) is 3.50. The molecule has 31 heavy (non-hydrogen) atoms. The molecule has 1 N–H and O–H groups in total. The van der Waals surface area contributed by atoms with Crippen molar-refractivity contribution in [3.63, 3.8) is 0 Å². The van der Waals surface area contributed by atoms with Crippen molar-refractivity contribution in [3.05, 3.63) is 82.2 Å². The zero-order chi connectivity index (χ0) is 21.8. The zero-order valence-corrected chi connectivity index (χ0v) is 17.3. The second kappa shape index (κ2) is 8.83. The molecule has 158 valence electrons. The number of hydrogen-bond acceptors (Lipinski definition) is 6. The third-order valence-corrected chi connectivity index (χ3v) is 5.12. The van der Waals surface area contributed by atoms with Crippen LogP contribution in [0.1, 0.15) is 23.1 Å². The number of carbonyl (C=O) groups is 1. The molecule has 0 aliphatic rings. The highest BCUT2D eigenvalue weighted by molar-refractivity contribution is 5.91. The molecule has 0 aliphatic carbocycles. The van der Waals surface area contributed by atoms with E-state index in [2.05, 4.69) is 15.4 Å². The van der Waals surface area contributed by atoms with Gasteiger partial charge in [-0.15, -0.1) is 0 Å². The molecule has 0 atom stereocenters. The second-order valence-electron chi connectivity index (χ2n) is 7.20. The molecule has 4 rings (SSSR count). The molecule has 2 aromatic heterocycles. The van der Waals surface area contributed by atoms with Crippen molar-refractivity contribution < 1.29 is 13.9 Å². The molecule has 2 aromatic carbocycles. The lowest BCUT2D eigenvalue weighted by Gasteiger charge is -2.10. The minimum absolute atomic E-state index is 0.167. The molecule has 8 nitrogen and oxygen atoms in total. The highest BCUT2D eigenvalue weighted by Crippen LogP contribution is 2.24. The van der Waals surface area contributed by atoms with Crippen molar-refractivity contribution in [1.82, 2.24) is 14.8 Å². The first kappa shape index (κ1) is 20.3. The van der Waals surface area contributed by atoms with Gasteiger partial charge in [0.15, 0.2) is 0 Å². The molecule has 2 heterocycles. The van der Waals surface area contributed by atoms with E-state index >= 15 is 0 Å². The van der Waals surface area contributed by atoms with E-state index in [-0.39, 0.29) is 12.3 Å². The topological polar surface area (TPSA) is 99.2 Å². The van der Waals surface area contributed by atoms with E-state index in [9.17, 15) is 9.59 Å². The van der Waals surface area contributed by atoms with Gasteiger partial charge in [0.1, 0.15) is 24.0 Å². The van der Waals surface area contributed by atoms with E-state index in [4.69, 9.17) is 9.15 Å². The van der Waals surface area contributed by atoms with Crippen molar-refractivity contribution in [2.75, 3.05) is 12.4 Å². The molecule has 0 aliphatic heterocycles. The molecule has 4 aromatic rings. The number of fused-ring (bicyclic) bond motifs is 1. The number of rotatable bonds is 7. The van der Waals surface area contributed by atoms with E-state index in [1.54, 1.807) is 24.2 Å². The summed E-state index contributed by atoms with van der Waals surface area (Å²) in [4.78, 5) is 28.9. The first-order valence-electron chi connectivity index (χ1n) is 9.85. The SMILES string of the molecule is COc1ccc2c(C)c(CCC(=O)Nc3cccc(Cn4cncn4)c3)c(=O)oc2c1. The highest BCUT2D eigenvalue weighted by atomic mass is 16.5. The molecule has 0 saturated carbocycles. The summed E-state index contributed by atoms with van der Waals surface area (Å²) in [5.74, 6) is 0.444. The Labute approximate surface area is 178 Å². The molecular weight excluding hydrogens is 396 g/mol. The Kier molecular flexibility index (Phi) is 5.79. The Morgan fingerprint density at radius 3 is 2.87 bits per heavy atom. The molecular formula is C23H22N4O4. The fourth-order valence-electron chi connectivity index (χ4n) is 3.50. The maximum Gasteiger partial charge on any atom is 0.339 e. The second-order valence-corrected chi connectivity index (χ2v) is 7.20. The average molecular weight is 418 g/mol. The number of nitrogens with one attached hydrogen (secondary N) is 1. The van der Waals surface area contributed by atoms with Crippen LogP contribution in [0.2, 0.25) is 0 Å². The van der Waals surface area contributed by atoms with Crippen LogP contribution < -0.4 is 15.7 Å². The molecule has 0 radical (unpaired) electrons. The molecule has 0 spiro atoms. The number of amides is 1. The Hall–Kier alpha value is -3.94. The predicted octanol–water partition coefficient (Wildman–Crippen LogP) is 3.32. The first-order valence-corrected chi connectivity index (χ1v) is 9.85. The monoisotopic (exact) mass is 418 g/mol. The average Bonchev–Trinajstić information content (AvgIpc) is 3.26. The summed E-state index contributed by atoms with van der Waals surface area (Å²) in [6.07, 6.45) is 3.58. The minimum atomic E-state index is -0.430. The quantitative estimate of drug-likeness (QED) is 0.462. The smallest absolute Gasteiger partial charge is 0.339 e. The minimum Gasteiger partial charge on any atom is -0.497 e. The van der Waals surface area contributed by atoms with Gasteiger partial charge in [-0.3, -0.25) is 4.79 Å². The molecule has 0 fully saturated rings. The van der Waals surface area contributed by atoms with Gasteiger partial charge in [-0.05, 0) is 48.7 Å². The van der Waals surface area contributed by atoms with Gasteiger partial charge in [0.2, 0.25) is 5.91 Å². The summed E-state index contributed by atoms with van der Waals surface area (Å²) in [7, 11) is 1.56. The highest BCUT2D eigenvalue weighted by Gasteiger charge is 2.14. The van der Waals surface area contributed by atoms with Crippen molar-refractivity contribution in [1.29, 1.82) is 0 Å². The summed E-state index contributed by atoms with van der Waals surface area (Å²) in [6, 6.07) is 12.9. The van der Waals surface area contributed by atoms with Gasteiger partial charge < -0.3 is 14.5 Å². The predicted molar refractivity (Wildman–Crippen MR) is 116 cm³/mol. The normalized spacial score (nSPS) is 10.9. The van der Waals surface area contributed by atoms with Crippen LogP contribution in [-0.4, -0.2) is 27.8 Å². The van der Waals surface area contributed by atoms with Crippen LogP contribution in [0.5, 0.6) is 5.75 Å². The standard InChI is InChI=1S/C23H22N4O4/c1-15-19-7-6-18(30-2)11-21(19)31-23(29)20(15)8-9-22(28)26-17-5-3-4-16(10-17)12-27-14-24-13-25-27/h3-7,10-11,13-14H,8-9,12H2,1-2H3,(H,26,28). The van der Waals surface area contributed by atoms with E-state index in [1.807, 2.05) is 43.3 Å². The maximum atomic E-state index is 12.5. The first-order chi connectivity index (χ1) is 15.0. The lowest BCUT2D eigenvalue weighted by atomic mass is 10.0. The number of methoxy groups -OCH3 is 1. The Morgan fingerprint density at radius 1 is 1.23 bits per heavy atom. The van der Waals surface area contributed by atoms with Crippen molar-refractivity contribution in [3.8, 4) is 5.75 Å². The lowest BCUT2D eigenvalue weighted by Crippen LogP contribution is -2.16. The number of anilines is 1. The van der Waals surface area contributed by atoms with Crippen LogP contribution in [-0.2, 0) is 17.8 Å². The molecule has 1 amide bonds. The van der Waals surface area contributed by atoms with Gasteiger partial charge in [0.05, 0.1) is 13.7 Å². The Morgan fingerprint density at radius 2 is 2.10 bits per heavy atom. The van der Waals surface area contributed by atoms with E-state index in [0.29, 0.717) is 35.5 Å². The number of carbonyl (C=O) groups excluding carboxylic acids is 1. The largest absolute Gasteiger partial charge is 0.497 e. The third kappa shape index (κ3) is 4.63. The number of benzene rings is 2. The van der Waals surface area contributed by atoms with Gasteiger partial charge in [-0.1, -0.05) is 12.1 Å². The van der Waals surface area contributed by atoms with Crippen molar-refractivity contribution in [2.45, 2.75) is 26.3 Å². The van der Waals surface area contributed by atoms with Gasteiger partial charge >= 0.3 is 5.63 Å². The lowest BCUT2D eigenvalue weighted by molar-refractivity contribution is -0.116. The number of aromatic nitrogens is 3. The Bertz CT molecular complexity index is 1280. The summed E-state index contributed by atoms with van der Waals surface area (Å²) in [6.45, 7) is 2.43. The zero-order valence-electron chi connectivity index (χ0n) is 17.3.